The molecule has 0 bridgehead atoms. The van der Waals surface area contributed by atoms with Crippen molar-refractivity contribution in [3.05, 3.63) is 52.4 Å². The first-order valence-electron chi connectivity index (χ1n) is 7.03. The summed E-state index contributed by atoms with van der Waals surface area (Å²) in [4.78, 5) is 24.1. The molecule has 1 amide bonds. The summed E-state index contributed by atoms with van der Waals surface area (Å²) in [5, 5.41) is 12.4. The highest BCUT2D eigenvalue weighted by molar-refractivity contribution is 7.99. The predicted octanol–water partition coefficient (Wildman–Crippen LogP) is 3.72. The summed E-state index contributed by atoms with van der Waals surface area (Å²) in [6.45, 7) is 2.21. The van der Waals surface area contributed by atoms with Gasteiger partial charge in [-0.15, -0.1) is 11.8 Å². The quantitative estimate of drug-likeness (QED) is 0.586. The van der Waals surface area contributed by atoms with Gasteiger partial charge in [0.1, 0.15) is 11.3 Å². The van der Waals surface area contributed by atoms with Crippen LogP contribution in [-0.4, -0.2) is 29.3 Å². The lowest BCUT2D eigenvalue weighted by Crippen LogP contribution is -2.25. The molecule has 0 radical (unpaired) electrons. The number of carboxylic acids is 1. The van der Waals surface area contributed by atoms with Gasteiger partial charge in [-0.2, -0.15) is 0 Å². The summed E-state index contributed by atoms with van der Waals surface area (Å²) in [6, 6.07) is 8.71. The Morgan fingerprint density at radius 1 is 1.30 bits per heavy atom. The zero-order valence-corrected chi connectivity index (χ0v) is 14.0. The Bertz CT molecular complexity index is 697. The predicted molar refractivity (Wildman–Crippen MR) is 89.6 cm³/mol. The third-order valence-electron chi connectivity index (χ3n) is 3.05. The average molecular weight is 354 g/mol. The molecule has 2 rings (SSSR count). The van der Waals surface area contributed by atoms with Gasteiger partial charge < -0.3 is 14.8 Å². The van der Waals surface area contributed by atoms with E-state index in [0.29, 0.717) is 29.5 Å². The molecule has 2 N–H and O–H groups in total. The van der Waals surface area contributed by atoms with Crippen molar-refractivity contribution in [3.63, 3.8) is 0 Å². The number of halogens is 1. The zero-order valence-electron chi connectivity index (χ0n) is 12.5. The van der Waals surface area contributed by atoms with Crippen LogP contribution in [0.3, 0.4) is 0 Å². The molecule has 1 aromatic carbocycles. The fourth-order valence-corrected chi connectivity index (χ4v) is 2.83. The van der Waals surface area contributed by atoms with Crippen molar-refractivity contribution in [1.29, 1.82) is 0 Å². The largest absolute Gasteiger partial charge is 0.478 e. The molecule has 0 saturated heterocycles. The lowest BCUT2D eigenvalue weighted by atomic mass is 10.2. The van der Waals surface area contributed by atoms with E-state index in [1.54, 1.807) is 18.7 Å². The third-order valence-corrected chi connectivity index (χ3v) is 4.32. The van der Waals surface area contributed by atoms with Crippen LogP contribution < -0.4 is 5.32 Å². The van der Waals surface area contributed by atoms with Crippen molar-refractivity contribution in [2.75, 3.05) is 12.3 Å². The second-order valence-corrected chi connectivity index (χ2v) is 6.27. The van der Waals surface area contributed by atoms with E-state index < -0.39 is 11.9 Å². The molecule has 0 unspecified atom stereocenters. The molecule has 1 aromatic heterocycles. The molecule has 23 heavy (non-hydrogen) atoms. The Labute approximate surface area is 143 Å². The number of carbonyl (C=O) groups excluding carboxylic acids is 1. The molecular formula is C16H16ClNO4S. The fraction of sp³-hybridized carbons (Fsp3) is 0.250. The first-order valence-corrected chi connectivity index (χ1v) is 8.40. The number of thioether (sulfide) groups is 1. The van der Waals surface area contributed by atoms with Gasteiger partial charge in [0.25, 0.3) is 5.91 Å². The highest BCUT2D eigenvalue weighted by atomic mass is 35.5. The van der Waals surface area contributed by atoms with Crippen LogP contribution in [0.2, 0.25) is 5.02 Å². The monoisotopic (exact) mass is 353 g/mol. The Kier molecular flexibility index (Phi) is 6.12. The highest BCUT2D eigenvalue weighted by Gasteiger charge is 2.19. The molecule has 0 aliphatic carbocycles. The maximum atomic E-state index is 12.0. The van der Waals surface area contributed by atoms with E-state index in [1.807, 2.05) is 24.3 Å². The number of rotatable bonds is 7. The van der Waals surface area contributed by atoms with Gasteiger partial charge in [0.15, 0.2) is 5.76 Å². The lowest BCUT2D eigenvalue weighted by Gasteiger charge is -2.03. The molecule has 7 heteroatoms. The van der Waals surface area contributed by atoms with E-state index in [1.165, 1.54) is 6.07 Å². The summed E-state index contributed by atoms with van der Waals surface area (Å²) in [7, 11) is 0. The number of amides is 1. The summed E-state index contributed by atoms with van der Waals surface area (Å²) >= 11 is 7.40. The zero-order chi connectivity index (χ0) is 16.8. The Balaban J connectivity index is 1.85. The summed E-state index contributed by atoms with van der Waals surface area (Å²) in [5.41, 5.74) is 0.0354. The van der Waals surface area contributed by atoms with Crippen LogP contribution in [0.5, 0.6) is 0 Å². The number of aromatic carboxylic acids is 1. The average Bonchev–Trinajstić information content (AvgIpc) is 2.97. The second kappa shape index (κ2) is 8.08. The molecule has 0 spiro atoms. The van der Waals surface area contributed by atoms with Crippen LogP contribution in [0.1, 0.15) is 33.6 Å². The summed E-state index contributed by atoms with van der Waals surface area (Å²) < 4.78 is 5.30. The van der Waals surface area contributed by atoms with E-state index in [9.17, 15) is 9.59 Å². The van der Waals surface area contributed by atoms with Gasteiger partial charge in [-0.1, -0.05) is 18.5 Å². The standard InChI is InChI=1S/C16H16ClNO4S/c1-2-13-12(16(20)21)9-14(22-13)15(19)18-7-8-23-11-5-3-10(17)4-6-11/h3-6,9H,2,7-8H2,1H3,(H,18,19)(H,20,21). The number of benzene rings is 1. The third kappa shape index (κ3) is 4.77. The smallest absolute Gasteiger partial charge is 0.339 e. The van der Waals surface area contributed by atoms with Crippen molar-refractivity contribution in [2.24, 2.45) is 0 Å². The fourth-order valence-electron chi connectivity index (χ4n) is 1.94. The molecule has 2 aromatic rings. The van der Waals surface area contributed by atoms with Gasteiger partial charge in [-0.3, -0.25) is 4.79 Å². The minimum atomic E-state index is -1.09. The molecule has 0 aliphatic rings. The molecule has 0 fully saturated rings. The topological polar surface area (TPSA) is 79.5 Å². The van der Waals surface area contributed by atoms with Gasteiger partial charge in [0, 0.05) is 34.7 Å². The minimum Gasteiger partial charge on any atom is -0.478 e. The molecule has 0 atom stereocenters. The molecule has 5 nitrogen and oxygen atoms in total. The van der Waals surface area contributed by atoms with Gasteiger partial charge >= 0.3 is 5.97 Å². The molecule has 0 aliphatic heterocycles. The van der Waals surface area contributed by atoms with Crippen LogP contribution in [0.25, 0.3) is 0 Å². The van der Waals surface area contributed by atoms with E-state index in [0.717, 1.165) is 4.90 Å². The molecule has 1 heterocycles. The number of carbonyl (C=O) groups is 2. The van der Waals surface area contributed by atoms with E-state index in [4.69, 9.17) is 21.1 Å². The van der Waals surface area contributed by atoms with Crippen LogP contribution in [-0.2, 0) is 6.42 Å². The molecular weight excluding hydrogens is 338 g/mol. The van der Waals surface area contributed by atoms with Crippen LogP contribution >= 0.6 is 23.4 Å². The number of hydrogen-bond donors (Lipinski definition) is 2. The molecule has 122 valence electrons. The van der Waals surface area contributed by atoms with Crippen molar-refractivity contribution >= 4 is 35.2 Å². The first-order chi connectivity index (χ1) is 11.0. The normalized spacial score (nSPS) is 10.5. The van der Waals surface area contributed by atoms with E-state index in [2.05, 4.69) is 5.32 Å². The van der Waals surface area contributed by atoms with Crippen molar-refractivity contribution in [3.8, 4) is 0 Å². The van der Waals surface area contributed by atoms with Crippen LogP contribution in [0, 0.1) is 0 Å². The Morgan fingerprint density at radius 2 is 2.00 bits per heavy atom. The summed E-state index contributed by atoms with van der Waals surface area (Å²) in [6.07, 6.45) is 0.418. The number of nitrogens with one attached hydrogen (secondary N) is 1. The first kappa shape index (κ1) is 17.4. The number of hydrogen-bond acceptors (Lipinski definition) is 4. The maximum Gasteiger partial charge on any atom is 0.339 e. The van der Waals surface area contributed by atoms with Crippen LogP contribution in [0.15, 0.2) is 39.6 Å². The molecule has 0 saturated carbocycles. The Morgan fingerprint density at radius 3 is 2.57 bits per heavy atom. The van der Waals surface area contributed by atoms with E-state index in [-0.39, 0.29) is 11.3 Å². The van der Waals surface area contributed by atoms with E-state index >= 15 is 0 Å². The van der Waals surface area contributed by atoms with Crippen molar-refractivity contribution < 1.29 is 19.1 Å². The van der Waals surface area contributed by atoms with Gasteiger partial charge in [0.05, 0.1) is 0 Å². The second-order valence-electron chi connectivity index (χ2n) is 4.66. The lowest BCUT2D eigenvalue weighted by molar-refractivity contribution is 0.0694. The number of aryl methyl sites for hydroxylation is 1. The van der Waals surface area contributed by atoms with Crippen molar-refractivity contribution in [2.45, 2.75) is 18.2 Å². The minimum absolute atomic E-state index is 0.0238. The highest BCUT2D eigenvalue weighted by Crippen LogP contribution is 2.20. The van der Waals surface area contributed by atoms with Crippen molar-refractivity contribution in [1.82, 2.24) is 5.32 Å². The maximum absolute atomic E-state index is 12.0. The van der Waals surface area contributed by atoms with Gasteiger partial charge in [-0.05, 0) is 24.3 Å². The van der Waals surface area contributed by atoms with Crippen LogP contribution in [0.4, 0.5) is 0 Å². The number of furan rings is 1. The summed E-state index contributed by atoms with van der Waals surface area (Å²) in [5.74, 6) is -0.499. The SMILES string of the molecule is CCc1oc(C(=O)NCCSc2ccc(Cl)cc2)cc1C(=O)O. The van der Waals surface area contributed by atoms with Gasteiger partial charge in [0.2, 0.25) is 0 Å². The van der Waals surface area contributed by atoms with Gasteiger partial charge in [-0.25, -0.2) is 4.79 Å². The number of carboxylic acid groups (broad SMARTS) is 1. The Hall–Kier alpha value is -1.92.